The quantitative estimate of drug-likeness (QED) is 0.634. The van der Waals surface area contributed by atoms with Crippen molar-refractivity contribution in [3.8, 4) is 0 Å². The van der Waals surface area contributed by atoms with Crippen LogP contribution in [0.25, 0.3) is 0 Å². The summed E-state index contributed by atoms with van der Waals surface area (Å²) in [5.41, 5.74) is 5.36. The lowest BCUT2D eigenvalue weighted by atomic mass is 10.2. The maximum absolute atomic E-state index is 13.7. The van der Waals surface area contributed by atoms with E-state index >= 15 is 0 Å². The molecule has 0 atom stereocenters. The average Bonchev–Trinajstić information content (AvgIpc) is 2.89. The molecule has 2 rings (SSSR count). The smallest absolute Gasteiger partial charge is 0.150 e. The molecule has 7 heteroatoms. The summed E-state index contributed by atoms with van der Waals surface area (Å²) in [6.45, 7) is 1.11. The van der Waals surface area contributed by atoms with Gasteiger partial charge in [0.2, 0.25) is 0 Å². The number of aromatic nitrogens is 2. The molecule has 0 aliphatic rings. The number of hydrogen-bond acceptors (Lipinski definition) is 3. The Kier molecular flexibility index (Phi) is 4.62. The van der Waals surface area contributed by atoms with E-state index in [9.17, 15) is 8.78 Å². The summed E-state index contributed by atoms with van der Waals surface area (Å²) in [5.74, 6) is -1.40. The second kappa shape index (κ2) is 6.42. The van der Waals surface area contributed by atoms with Crippen molar-refractivity contribution in [1.82, 2.24) is 9.78 Å². The van der Waals surface area contributed by atoms with E-state index in [4.69, 9.17) is 18.0 Å². The highest BCUT2D eigenvalue weighted by Crippen LogP contribution is 2.20. The standard InChI is InChI=1S/C13H14F2N4S/c14-10-7-9(13(16)20)8-11(15)12(10)17-3-1-5-19-6-2-4-18-19/h2,4,6-8,17H,1,3,5H2,(H2,16,20). The molecule has 1 aromatic heterocycles. The van der Waals surface area contributed by atoms with Gasteiger partial charge in [-0.1, -0.05) is 12.2 Å². The Bertz CT molecular complexity index is 575. The number of thiocarbonyl (C=S) groups is 1. The molecule has 0 unspecified atom stereocenters. The van der Waals surface area contributed by atoms with E-state index in [1.807, 2.05) is 12.3 Å². The molecular formula is C13H14F2N4S. The van der Waals surface area contributed by atoms with Crippen molar-refractivity contribution in [2.24, 2.45) is 5.73 Å². The first-order valence-corrected chi connectivity index (χ1v) is 6.49. The zero-order valence-electron chi connectivity index (χ0n) is 10.6. The highest BCUT2D eigenvalue weighted by molar-refractivity contribution is 7.80. The molecule has 1 aromatic carbocycles. The van der Waals surface area contributed by atoms with E-state index in [0.29, 0.717) is 19.5 Å². The van der Waals surface area contributed by atoms with Crippen molar-refractivity contribution in [3.63, 3.8) is 0 Å². The van der Waals surface area contributed by atoms with E-state index in [1.165, 1.54) is 0 Å². The maximum Gasteiger partial charge on any atom is 0.150 e. The van der Waals surface area contributed by atoms with E-state index in [1.54, 1.807) is 10.9 Å². The molecule has 0 saturated carbocycles. The summed E-state index contributed by atoms with van der Waals surface area (Å²) >= 11 is 4.69. The molecule has 1 heterocycles. The van der Waals surface area contributed by atoms with Gasteiger partial charge in [-0.15, -0.1) is 0 Å². The van der Waals surface area contributed by atoms with Gasteiger partial charge in [-0.05, 0) is 24.6 Å². The molecular weight excluding hydrogens is 282 g/mol. The zero-order chi connectivity index (χ0) is 14.5. The molecule has 20 heavy (non-hydrogen) atoms. The van der Waals surface area contributed by atoms with Gasteiger partial charge in [0.15, 0.2) is 0 Å². The Labute approximate surface area is 120 Å². The number of aryl methyl sites for hydroxylation is 1. The number of hydrogen-bond donors (Lipinski definition) is 2. The lowest BCUT2D eigenvalue weighted by molar-refractivity contribution is 0.574. The van der Waals surface area contributed by atoms with Crippen LogP contribution >= 0.6 is 12.2 Å². The van der Waals surface area contributed by atoms with Gasteiger partial charge in [0.05, 0.1) is 0 Å². The third kappa shape index (κ3) is 3.51. The fourth-order valence-corrected chi connectivity index (χ4v) is 1.89. The Morgan fingerprint density at radius 2 is 2.05 bits per heavy atom. The van der Waals surface area contributed by atoms with Crippen molar-refractivity contribution < 1.29 is 8.78 Å². The number of nitrogens with one attached hydrogen (secondary N) is 1. The number of benzene rings is 1. The second-order valence-corrected chi connectivity index (χ2v) is 4.67. The van der Waals surface area contributed by atoms with Gasteiger partial charge >= 0.3 is 0 Å². The number of nitrogens with two attached hydrogens (primary N) is 1. The van der Waals surface area contributed by atoms with Crippen LogP contribution in [0.3, 0.4) is 0 Å². The minimum absolute atomic E-state index is 0.0342. The van der Waals surface area contributed by atoms with Crippen LogP contribution in [0.15, 0.2) is 30.6 Å². The molecule has 0 radical (unpaired) electrons. The summed E-state index contributed by atoms with van der Waals surface area (Å²) < 4.78 is 29.2. The van der Waals surface area contributed by atoms with E-state index in [-0.39, 0.29) is 16.2 Å². The van der Waals surface area contributed by atoms with Crippen LogP contribution in [-0.2, 0) is 6.54 Å². The van der Waals surface area contributed by atoms with E-state index in [2.05, 4.69) is 10.4 Å². The van der Waals surface area contributed by atoms with Crippen LogP contribution in [-0.4, -0.2) is 21.3 Å². The first kappa shape index (κ1) is 14.4. The van der Waals surface area contributed by atoms with Crippen LogP contribution in [0.1, 0.15) is 12.0 Å². The summed E-state index contributed by atoms with van der Waals surface area (Å²) in [4.78, 5) is -0.0342. The molecule has 0 spiro atoms. The largest absolute Gasteiger partial charge is 0.389 e. The van der Waals surface area contributed by atoms with Crippen LogP contribution in [0.4, 0.5) is 14.5 Å². The Morgan fingerprint density at radius 3 is 2.60 bits per heavy atom. The molecule has 0 saturated heterocycles. The Morgan fingerprint density at radius 1 is 1.35 bits per heavy atom. The predicted molar refractivity (Wildman–Crippen MR) is 77.6 cm³/mol. The molecule has 106 valence electrons. The highest BCUT2D eigenvalue weighted by Gasteiger charge is 2.11. The van der Waals surface area contributed by atoms with Gasteiger partial charge in [0.25, 0.3) is 0 Å². The third-order valence-electron chi connectivity index (χ3n) is 2.75. The molecule has 0 bridgehead atoms. The first-order chi connectivity index (χ1) is 9.58. The average molecular weight is 296 g/mol. The number of halogens is 2. The number of nitrogens with zero attached hydrogens (tertiary/aromatic N) is 2. The van der Waals surface area contributed by atoms with Gasteiger partial charge in [-0.25, -0.2) is 8.78 Å². The SMILES string of the molecule is NC(=S)c1cc(F)c(NCCCn2cccn2)c(F)c1. The van der Waals surface area contributed by atoms with Gasteiger partial charge in [0.1, 0.15) is 22.3 Å². The second-order valence-electron chi connectivity index (χ2n) is 4.23. The van der Waals surface area contributed by atoms with Gasteiger partial charge < -0.3 is 11.1 Å². The van der Waals surface area contributed by atoms with Crippen LogP contribution in [0, 0.1) is 11.6 Å². The van der Waals surface area contributed by atoms with E-state index in [0.717, 1.165) is 12.1 Å². The van der Waals surface area contributed by atoms with Crippen LogP contribution < -0.4 is 11.1 Å². The van der Waals surface area contributed by atoms with Crippen molar-refractivity contribution in [3.05, 3.63) is 47.8 Å². The minimum Gasteiger partial charge on any atom is -0.389 e. The van der Waals surface area contributed by atoms with Gasteiger partial charge in [-0.2, -0.15) is 5.10 Å². The van der Waals surface area contributed by atoms with Crippen molar-refractivity contribution in [2.45, 2.75) is 13.0 Å². The monoisotopic (exact) mass is 296 g/mol. The Balaban J connectivity index is 1.94. The number of rotatable bonds is 6. The summed E-state index contributed by atoms with van der Waals surface area (Å²) in [7, 11) is 0. The fraction of sp³-hybridized carbons (Fsp3) is 0.231. The lowest BCUT2D eigenvalue weighted by Gasteiger charge is -2.10. The third-order valence-corrected chi connectivity index (χ3v) is 2.99. The lowest BCUT2D eigenvalue weighted by Crippen LogP contribution is -2.13. The van der Waals surface area contributed by atoms with Gasteiger partial charge in [-0.3, -0.25) is 4.68 Å². The molecule has 0 aliphatic heterocycles. The van der Waals surface area contributed by atoms with Crippen LogP contribution in [0.2, 0.25) is 0 Å². The molecule has 0 amide bonds. The highest BCUT2D eigenvalue weighted by atomic mass is 32.1. The Hall–Kier alpha value is -2.02. The summed E-state index contributed by atoms with van der Waals surface area (Å²) in [6, 6.07) is 4.07. The molecule has 0 fully saturated rings. The van der Waals surface area contributed by atoms with Gasteiger partial charge in [0, 0.05) is 31.0 Å². The summed E-state index contributed by atoms with van der Waals surface area (Å²) in [5, 5.41) is 6.77. The van der Waals surface area contributed by atoms with Crippen molar-refractivity contribution >= 4 is 22.9 Å². The zero-order valence-corrected chi connectivity index (χ0v) is 11.5. The molecule has 3 N–H and O–H groups in total. The minimum atomic E-state index is -0.702. The predicted octanol–water partition coefficient (Wildman–Crippen LogP) is 2.30. The topological polar surface area (TPSA) is 55.9 Å². The van der Waals surface area contributed by atoms with E-state index < -0.39 is 11.6 Å². The molecule has 0 aliphatic carbocycles. The van der Waals surface area contributed by atoms with Crippen LogP contribution in [0.5, 0.6) is 0 Å². The summed E-state index contributed by atoms with van der Waals surface area (Å²) in [6.07, 6.45) is 4.21. The maximum atomic E-state index is 13.7. The van der Waals surface area contributed by atoms with Crippen molar-refractivity contribution in [2.75, 3.05) is 11.9 Å². The van der Waals surface area contributed by atoms with Crippen molar-refractivity contribution in [1.29, 1.82) is 0 Å². The first-order valence-electron chi connectivity index (χ1n) is 6.08. The number of anilines is 1. The molecule has 2 aromatic rings. The molecule has 4 nitrogen and oxygen atoms in total. The fourth-order valence-electron chi connectivity index (χ4n) is 1.77. The normalized spacial score (nSPS) is 10.5.